The van der Waals surface area contributed by atoms with E-state index in [1.165, 1.54) is 6.92 Å². The van der Waals surface area contributed by atoms with E-state index in [0.29, 0.717) is 17.1 Å². The molecule has 3 N–H and O–H groups in total. The molecule has 1 heterocycles. The first-order valence-corrected chi connectivity index (χ1v) is 8.20. The Balaban J connectivity index is 1.87. The van der Waals surface area contributed by atoms with E-state index in [1.807, 2.05) is 31.2 Å². The van der Waals surface area contributed by atoms with Gasteiger partial charge in [-0.15, -0.1) is 0 Å². The van der Waals surface area contributed by atoms with Crippen molar-refractivity contribution in [3.8, 4) is 0 Å². The Morgan fingerprint density at radius 2 is 1.75 bits per heavy atom. The summed E-state index contributed by atoms with van der Waals surface area (Å²) in [5, 5.41) is 6.60. The van der Waals surface area contributed by atoms with Gasteiger partial charge in [0, 0.05) is 33.7 Å². The second kappa shape index (κ2) is 6.49. The second-order valence-electron chi connectivity index (χ2n) is 5.53. The summed E-state index contributed by atoms with van der Waals surface area (Å²) >= 11 is 3.41. The summed E-state index contributed by atoms with van der Waals surface area (Å²) in [6.07, 6.45) is 0. The lowest BCUT2D eigenvalue weighted by molar-refractivity contribution is -0.114. The molecule has 2 amide bonds. The van der Waals surface area contributed by atoms with E-state index in [4.69, 9.17) is 0 Å². The third-order valence-corrected chi connectivity index (χ3v) is 4.22. The summed E-state index contributed by atoms with van der Waals surface area (Å²) < 4.78 is 0.947. The van der Waals surface area contributed by atoms with Gasteiger partial charge in [-0.05, 0) is 42.8 Å². The number of amides is 2. The molecule has 0 saturated heterocycles. The van der Waals surface area contributed by atoms with Crippen molar-refractivity contribution in [1.82, 2.24) is 4.98 Å². The molecule has 0 aliphatic heterocycles. The Kier molecular flexibility index (Phi) is 4.40. The normalized spacial score (nSPS) is 10.6. The molecule has 0 saturated carbocycles. The SMILES string of the molecule is CC(=O)Nc1cccc(NC(=O)c2cc3ccc(Br)cc3[nH]2)c1C. The summed E-state index contributed by atoms with van der Waals surface area (Å²) in [6.45, 7) is 3.30. The molecular weight excluding hydrogens is 370 g/mol. The average Bonchev–Trinajstić information content (AvgIpc) is 2.94. The van der Waals surface area contributed by atoms with Crippen molar-refractivity contribution in [2.45, 2.75) is 13.8 Å². The van der Waals surface area contributed by atoms with E-state index >= 15 is 0 Å². The number of nitrogens with one attached hydrogen (secondary N) is 3. The van der Waals surface area contributed by atoms with Crippen LogP contribution in [0.25, 0.3) is 10.9 Å². The van der Waals surface area contributed by atoms with Gasteiger partial charge in [-0.1, -0.05) is 28.1 Å². The standard InChI is InChI=1S/C18H16BrN3O2/c1-10-14(20-11(2)23)4-3-5-15(10)22-18(24)17-8-12-6-7-13(19)9-16(12)21-17/h3-9,21H,1-2H3,(H,20,23)(H,22,24). The predicted molar refractivity (Wildman–Crippen MR) is 99.4 cm³/mol. The van der Waals surface area contributed by atoms with Crippen molar-refractivity contribution in [3.05, 3.63) is 58.2 Å². The van der Waals surface area contributed by atoms with Crippen LogP contribution in [0.15, 0.2) is 46.9 Å². The number of hydrogen-bond donors (Lipinski definition) is 3. The van der Waals surface area contributed by atoms with Crippen molar-refractivity contribution >= 4 is 50.0 Å². The summed E-state index contributed by atoms with van der Waals surface area (Å²) in [5.74, 6) is -0.381. The lowest BCUT2D eigenvalue weighted by Crippen LogP contribution is -2.14. The van der Waals surface area contributed by atoms with Gasteiger partial charge in [-0.25, -0.2) is 0 Å². The van der Waals surface area contributed by atoms with E-state index in [-0.39, 0.29) is 11.8 Å². The molecule has 0 unspecified atom stereocenters. The maximum atomic E-state index is 12.5. The topological polar surface area (TPSA) is 74.0 Å². The quantitative estimate of drug-likeness (QED) is 0.622. The van der Waals surface area contributed by atoms with Crippen LogP contribution in [0.3, 0.4) is 0 Å². The minimum absolute atomic E-state index is 0.150. The highest BCUT2D eigenvalue weighted by atomic mass is 79.9. The van der Waals surface area contributed by atoms with Gasteiger partial charge >= 0.3 is 0 Å². The van der Waals surface area contributed by atoms with Crippen molar-refractivity contribution in [2.75, 3.05) is 10.6 Å². The minimum atomic E-state index is -0.231. The van der Waals surface area contributed by atoms with Gasteiger partial charge in [0.25, 0.3) is 5.91 Å². The molecule has 6 heteroatoms. The fourth-order valence-electron chi connectivity index (χ4n) is 2.51. The molecule has 3 aromatic rings. The second-order valence-corrected chi connectivity index (χ2v) is 6.44. The van der Waals surface area contributed by atoms with Crippen LogP contribution in [0.1, 0.15) is 23.0 Å². The van der Waals surface area contributed by atoms with Gasteiger partial charge in [0.2, 0.25) is 5.91 Å². The number of hydrogen-bond acceptors (Lipinski definition) is 2. The zero-order chi connectivity index (χ0) is 17.3. The fraction of sp³-hybridized carbons (Fsp3) is 0.111. The monoisotopic (exact) mass is 385 g/mol. The zero-order valence-corrected chi connectivity index (χ0v) is 14.8. The van der Waals surface area contributed by atoms with Gasteiger partial charge in [-0.3, -0.25) is 9.59 Å². The first kappa shape index (κ1) is 16.3. The van der Waals surface area contributed by atoms with Crippen molar-refractivity contribution < 1.29 is 9.59 Å². The summed E-state index contributed by atoms with van der Waals surface area (Å²) in [7, 11) is 0. The highest BCUT2D eigenvalue weighted by Gasteiger charge is 2.12. The van der Waals surface area contributed by atoms with E-state index in [9.17, 15) is 9.59 Å². The summed E-state index contributed by atoms with van der Waals surface area (Å²) in [5.41, 5.74) is 3.51. The van der Waals surface area contributed by atoms with E-state index in [1.54, 1.807) is 18.2 Å². The number of anilines is 2. The van der Waals surface area contributed by atoms with E-state index < -0.39 is 0 Å². The molecule has 0 fully saturated rings. The molecule has 0 aliphatic rings. The average molecular weight is 386 g/mol. The smallest absolute Gasteiger partial charge is 0.272 e. The van der Waals surface area contributed by atoms with Gasteiger partial charge in [0.15, 0.2) is 0 Å². The highest BCUT2D eigenvalue weighted by Crippen LogP contribution is 2.25. The van der Waals surface area contributed by atoms with Crippen LogP contribution in [-0.4, -0.2) is 16.8 Å². The molecule has 1 aromatic heterocycles. The van der Waals surface area contributed by atoms with Crippen LogP contribution < -0.4 is 10.6 Å². The maximum Gasteiger partial charge on any atom is 0.272 e. The number of carbonyl (C=O) groups excluding carboxylic acids is 2. The number of aromatic nitrogens is 1. The first-order chi connectivity index (χ1) is 11.4. The van der Waals surface area contributed by atoms with Gasteiger partial charge in [0.1, 0.15) is 5.69 Å². The van der Waals surface area contributed by atoms with Gasteiger partial charge in [-0.2, -0.15) is 0 Å². The van der Waals surface area contributed by atoms with Crippen molar-refractivity contribution in [3.63, 3.8) is 0 Å². The van der Waals surface area contributed by atoms with Crippen LogP contribution in [-0.2, 0) is 4.79 Å². The van der Waals surface area contributed by atoms with Crippen LogP contribution in [0.5, 0.6) is 0 Å². The number of aromatic amines is 1. The van der Waals surface area contributed by atoms with Crippen LogP contribution in [0, 0.1) is 6.92 Å². The van der Waals surface area contributed by atoms with Crippen molar-refractivity contribution in [1.29, 1.82) is 0 Å². The lowest BCUT2D eigenvalue weighted by Gasteiger charge is -2.12. The number of benzene rings is 2. The minimum Gasteiger partial charge on any atom is -0.350 e. The van der Waals surface area contributed by atoms with Gasteiger partial charge in [0.05, 0.1) is 0 Å². The number of halogens is 1. The summed E-state index contributed by atoms with van der Waals surface area (Å²) in [4.78, 5) is 26.9. The van der Waals surface area contributed by atoms with Gasteiger partial charge < -0.3 is 15.6 Å². The Bertz CT molecular complexity index is 947. The van der Waals surface area contributed by atoms with Crippen molar-refractivity contribution in [2.24, 2.45) is 0 Å². The Hall–Kier alpha value is -2.60. The Morgan fingerprint density at radius 3 is 2.46 bits per heavy atom. The van der Waals surface area contributed by atoms with E-state index in [0.717, 1.165) is 20.9 Å². The molecular formula is C18H16BrN3O2. The highest BCUT2D eigenvalue weighted by molar-refractivity contribution is 9.10. The largest absolute Gasteiger partial charge is 0.350 e. The molecule has 0 atom stereocenters. The van der Waals surface area contributed by atoms with Crippen LogP contribution in [0.2, 0.25) is 0 Å². The maximum absolute atomic E-state index is 12.5. The zero-order valence-electron chi connectivity index (χ0n) is 13.2. The number of H-pyrrole nitrogens is 1. The Morgan fingerprint density at radius 1 is 1.04 bits per heavy atom. The number of rotatable bonds is 3. The Labute approximate surface area is 147 Å². The van der Waals surface area contributed by atoms with E-state index in [2.05, 4.69) is 31.5 Å². The first-order valence-electron chi connectivity index (χ1n) is 7.41. The number of carbonyl (C=O) groups is 2. The van der Waals surface area contributed by atoms with Crippen LogP contribution >= 0.6 is 15.9 Å². The summed E-state index contributed by atoms with van der Waals surface area (Å²) in [6, 6.07) is 13.0. The molecule has 122 valence electrons. The molecule has 0 radical (unpaired) electrons. The third-order valence-electron chi connectivity index (χ3n) is 3.72. The molecule has 3 rings (SSSR count). The fourth-order valence-corrected chi connectivity index (χ4v) is 2.87. The third kappa shape index (κ3) is 3.33. The molecule has 0 bridgehead atoms. The molecule has 2 aromatic carbocycles. The number of fused-ring (bicyclic) bond motifs is 1. The molecule has 0 aliphatic carbocycles. The molecule has 5 nitrogen and oxygen atoms in total. The predicted octanol–water partition coefficient (Wildman–Crippen LogP) is 4.45. The lowest BCUT2D eigenvalue weighted by atomic mass is 10.1. The molecule has 0 spiro atoms. The molecule has 24 heavy (non-hydrogen) atoms. The van der Waals surface area contributed by atoms with Crippen LogP contribution in [0.4, 0.5) is 11.4 Å².